The minimum absolute atomic E-state index is 0.0585. The Kier molecular flexibility index (Phi) is 4.36. The molecule has 3 nitrogen and oxygen atoms in total. The molecule has 3 rings (SSSR count). The fraction of sp³-hybridized carbons (Fsp3) is 0.467. The van der Waals surface area contributed by atoms with Crippen molar-refractivity contribution in [1.29, 1.82) is 0 Å². The second-order valence-corrected chi connectivity index (χ2v) is 7.75. The number of nitrogens with zero attached hydrogens (tertiary/aromatic N) is 1. The second-order valence-electron chi connectivity index (χ2n) is 5.08. The van der Waals surface area contributed by atoms with E-state index in [9.17, 15) is 4.79 Å². The van der Waals surface area contributed by atoms with Gasteiger partial charge in [-0.25, -0.2) is 0 Å². The van der Waals surface area contributed by atoms with Crippen LogP contribution in [0.25, 0.3) is 0 Å². The van der Waals surface area contributed by atoms with Gasteiger partial charge in [-0.1, -0.05) is 29.6 Å². The number of hydrogen-bond donors (Lipinski definition) is 1. The van der Waals surface area contributed by atoms with Crippen LogP contribution in [0.5, 0.6) is 0 Å². The standard InChI is InChI=1S/C15H18N2OS2/c1-10(20-15-16-7-8-19-15)14(18)17-13-6-5-11-3-2-4-12(11)9-13/h5-6,9-10H,2-4,7-8H2,1H3,(H,17,18)/t10-/m0/s1. The van der Waals surface area contributed by atoms with Crippen molar-refractivity contribution < 1.29 is 4.79 Å². The molecule has 0 spiro atoms. The number of rotatable bonds is 3. The summed E-state index contributed by atoms with van der Waals surface area (Å²) in [6.07, 6.45) is 3.54. The Labute approximate surface area is 128 Å². The molecule has 1 atom stereocenters. The summed E-state index contributed by atoms with van der Waals surface area (Å²) in [6, 6.07) is 6.29. The van der Waals surface area contributed by atoms with Crippen LogP contribution in [0.4, 0.5) is 5.69 Å². The quantitative estimate of drug-likeness (QED) is 0.931. The van der Waals surface area contributed by atoms with E-state index in [1.807, 2.05) is 13.0 Å². The topological polar surface area (TPSA) is 41.5 Å². The number of anilines is 1. The van der Waals surface area contributed by atoms with Crippen molar-refractivity contribution in [1.82, 2.24) is 0 Å². The molecule has 1 aromatic rings. The molecule has 0 unspecified atom stereocenters. The van der Waals surface area contributed by atoms with E-state index in [0.29, 0.717) is 0 Å². The molecular weight excluding hydrogens is 288 g/mol. The van der Waals surface area contributed by atoms with Crippen LogP contribution in [0.1, 0.15) is 24.5 Å². The van der Waals surface area contributed by atoms with Crippen molar-refractivity contribution in [2.24, 2.45) is 4.99 Å². The summed E-state index contributed by atoms with van der Waals surface area (Å²) in [7, 11) is 0. The Balaban J connectivity index is 1.60. The molecule has 1 N–H and O–H groups in total. The smallest absolute Gasteiger partial charge is 0.237 e. The lowest BCUT2D eigenvalue weighted by Gasteiger charge is -2.12. The van der Waals surface area contributed by atoms with Gasteiger partial charge in [0.15, 0.2) is 0 Å². The minimum atomic E-state index is -0.104. The van der Waals surface area contributed by atoms with Crippen LogP contribution in [-0.2, 0) is 17.6 Å². The van der Waals surface area contributed by atoms with Gasteiger partial charge in [0.05, 0.1) is 11.8 Å². The van der Waals surface area contributed by atoms with Crippen molar-refractivity contribution >= 4 is 39.5 Å². The van der Waals surface area contributed by atoms with Gasteiger partial charge in [-0.2, -0.15) is 0 Å². The van der Waals surface area contributed by atoms with E-state index < -0.39 is 0 Å². The second kappa shape index (κ2) is 6.22. The Morgan fingerprint density at radius 1 is 1.40 bits per heavy atom. The zero-order valence-electron chi connectivity index (χ0n) is 11.5. The average Bonchev–Trinajstić information content (AvgIpc) is 3.08. The van der Waals surface area contributed by atoms with Gasteiger partial charge in [-0.05, 0) is 49.4 Å². The molecule has 1 aliphatic heterocycles. The molecule has 5 heteroatoms. The minimum Gasteiger partial charge on any atom is -0.325 e. The molecule has 0 saturated carbocycles. The Morgan fingerprint density at radius 3 is 3.05 bits per heavy atom. The highest BCUT2D eigenvalue weighted by molar-refractivity contribution is 8.39. The first-order valence-corrected chi connectivity index (χ1v) is 8.85. The van der Waals surface area contributed by atoms with E-state index in [4.69, 9.17) is 0 Å². The molecule has 20 heavy (non-hydrogen) atoms. The highest BCUT2D eigenvalue weighted by Crippen LogP contribution is 2.28. The summed E-state index contributed by atoms with van der Waals surface area (Å²) in [5, 5.41) is 2.92. The van der Waals surface area contributed by atoms with Crippen molar-refractivity contribution in [3.8, 4) is 0 Å². The van der Waals surface area contributed by atoms with E-state index in [-0.39, 0.29) is 11.2 Å². The van der Waals surface area contributed by atoms with Gasteiger partial charge >= 0.3 is 0 Å². The molecule has 1 aliphatic carbocycles. The molecular formula is C15H18N2OS2. The molecule has 2 aliphatic rings. The Morgan fingerprint density at radius 2 is 2.25 bits per heavy atom. The monoisotopic (exact) mass is 306 g/mol. The lowest BCUT2D eigenvalue weighted by molar-refractivity contribution is -0.115. The fourth-order valence-electron chi connectivity index (χ4n) is 2.49. The molecule has 0 bridgehead atoms. The van der Waals surface area contributed by atoms with Gasteiger partial charge in [0.25, 0.3) is 0 Å². The van der Waals surface area contributed by atoms with Crippen LogP contribution in [0.2, 0.25) is 0 Å². The van der Waals surface area contributed by atoms with E-state index in [1.165, 1.54) is 24.0 Å². The maximum atomic E-state index is 12.2. The van der Waals surface area contributed by atoms with E-state index in [2.05, 4.69) is 22.4 Å². The van der Waals surface area contributed by atoms with Gasteiger partial charge in [-0.3, -0.25) is 9.79 Å². The normalized spacial score (nSPS) is 18.6. The van der Waals surface area contributed by atoms with Gasteiger partial charge in [0, 0.05) is 11.4 Å². The SMILES string of the molecule is C[C@H](SC1=NCCS1)C(=O)Nc1ccc2c(c1)CCC2. The van der Waals surface area contributed by atoms with E-state index >= 15 is 0 Å². The predicted molar refractivity (Wildman–Crippen MR) is 88.9 cm³/mol. The maximum absolute atomic E-state index is 12.2. The number of amides is 1. The number of nitrogens with one attached hydrogen (secondary N) is 1. The summed E-state index contributed by atoms with van der Waals surface area (Å²) in [4.78, 5) is 16.6. The molecule has 0 radical (unpaired) electrons. The zero-order chi connectivity index (χ0) is 13.9. The van der Waals surface area contributed by atoms with Gasteiger partial charge in [0.1, 0.15) is 4.38 Å². The largest absolute Gasteiger partial charge is 0.325 e. The summed E-state index contributed by atoms with van der Waals surface area (Å²) in [6.45, 7) is 2.82. The number of benzene rings is 1. The van der Waals surface area contributed by atoms with Gasteiger partial charge in [-0.15, -0.1) is 0 Å². The van der Waals surface area contributed by atoms with Gasteiger partial charge < -0.3 is 5.32 Å². The summed E-state index contributed by atoms with van der Waals surface area (Å²) in [5.74, 6) is 1.10. The van der Waals surface area contributed by atoms with E-state index in [1.54, 1.807) is 23.5 Å². The molecule has 0 saturated heterocycles. The Bertz CT molecular complexity index is 557. The lowest BCUT2D eigenvalue weighted by Crippen LogP contribution is -2.23. The average molecular weight is 306 g/mol. The third-order valence-corrected chi connectivity index (χ3v) is 5.87. The fourth-order valence-corrected chi connectivity index (χ4v) is 4.61. The number of aliphatic imine (C=N–C) groups is 1. The number of fused-ring (bicyclic) bond motifs is 1. The van der Waals surface area contributed by atoms with Crippen molar-refractivity contribution in [2.45, 2.75) is 31.4 Å². The summed E-state index contributed by atoms with van der Waals surface area (Å²) in [5.41, 5.74) is 3.74. The van der Waals surface area contributed by atoms with Crippen LogP contribution in [0.3, 0.4) is 0 Å². The lowest BCUT2D eigenvalue weighted by atomic mass is 10.1. The molecule has 0 fully saturated rings. The first-order valence-electron chi connectivity index (χ1n) is 6.99. The Hall–Kier alpha value is -0.940. The van der Waals surface area contributed by atoms with Crippen LogP contribution in [0, 0.1) is 0 Å². The zero-order valence-corrected chi connectivity index (χ0v) is 13.1. The van der Waals surface area contributed by atoms with Gasteiger partial charge in [0.2, 0.25) is 5.91 Å². The summed E-state index contributed by atoms with van der Waals surface area (Å²) < 4.78 is 1.04. The molecule has 0 aromatic heterocycles. The third-order valence-electron chi connectivity index (χ3n) is 3.57. The first kappa shape index (κ1) is 14.0. The van der Waals surface area contributed by atoms with Crippen LogP contribution in [-0.4, -0.2) is 27.8 Å². The van der Waals surface area contributed by atoms with Crippen LogP contribution in [0.15, 0.2) is 23.2 Å². The number of carbonyl (C=O) groups is 1. The third kappa shape index (κ3) is 3.20. The van der Waals surface area contributed by atoms with Crippen LogP contribution >= 0.6 is 23.5 Å². The van der Waals surface area contributed by atoms with Crippen molar-refractivity contribution in [3.63, 3.8) is 0 Å². The van der Waals surface area contributed by atoms with E-state index in [0.717, 1.165) is 28.8 Å². The molecule has 1 heterocycles. The van der Waals surface area contributed by atoms with Crippen molar-refractivity contribution in [3.05, 3.63) is 29.3 Å². The number of carbonyl (C=O) groups excluding carboxylic acids is 1. The van der Waals surface area contributed by atoms with Crippen molar-refractivity contribution in [2.75, 3.05) is 17.6 Å². The molecule has 1 aromatic carbocycles. The highest BCUT2D eigenvalue weighted by atomic mass is 32.2. The number of thioether (sulfide) groups is 2. The molecule has 1 amide bonds. The highest BCUT2D eigenvalue weighted by Gasteiger charge is 2.19. The van der Waals surface area contributed by atoms with Crippen LogP contribution < -0.4 is 5.32 Å². The number of aryl methyl sites for hydroxylation is 2. The molecule has 106 valence electrons. The first-order chi connectivity index (χ1) is 9.72. The maximum Gasteiger partial charge on any atom is 0.237 e. The summed E-state index contributed by atoms with van der Waals surface area (Å²) >= 11 is 3.30. The number of hydrogen-bond acceptors (Lipinski definition) is 4. The predicted octanol–water partition coefficient (Wildman–Crippen LogP) is 3.34.